The molecule has 2 aliphatic rings. The van der Waals surface area contributed by atoms with Crippen molar-refractivity contribution in [3.05, 3.63) is 34.3 Å². The molecule has 3 rings (SSSR count). The first kappa shape index (κ1) is 14.4. The van der Waals surface area contributed by atoms with Crippen LogP contribution in [0.3, 0.4) is 0 Å². The fourth-order valence-corrected chi connectivity index (χ4v) is 4.25. The van der Waals surface area contributed by atoms with Gasteiger partial charge in [-0.1, -0.05) is 17.7 Å². The summed E-state index contributed by atoms with van der Waals surface area (Å²) in [5, 5.41) is 0.852. The van der Waals surface area contributed by atoms with Crippen LogP contribution in [0.1, 0.15) is 36.8 Å². The minimum atomic E-state index is 0.793. The lowest BCUT2D eigenvalue weighted by molar-refractivity contribution is -0.954. The molecule has 0 spiro atoms. The van der Waals surface area contributed by atoms with Crippen LogP contribution in [0.15, 0.2) is 18.2 Å². The van der Waals surface area contributed by atoms with Crippen LogP contribution in [0.5, 0.6) is 0 Å². The van der Waals surface area contributed by atoms with Crippen LogP contribution in [0.4, 0.5) is 0 Å². The zero-order valence-corrected chi connectivity index (χ0v) is 13.2. The highest BCUT2D eigenvalue weighted by atomic mass is 35.5. The number of aryl methyl sites for hydroxylation is 1. The van der Waals surface area contributed by atoms with Gasteiger partial charge in [0.15, 0.2) is 0 Å². The van der Waals surface area contributed by atoms with Gasteiger partial charge in [-0.3, -0.25) is 0 Å². The van der Waals surface area contributed by atoms with Crippen molar-refractivity contribution in [2.24, 2.45) is 0 Å². The Morgan fingerprint density at radius 2 is 1.90 bits per heavy atom. The van der Waals surface area contributed by atoms with Crippen LogP contribution < -0.4 is 0 Å². The summed E-state index contributed by atoms with van der Waals surface area (Å²) in [5.74, 6) is 0. The average molecular weight is 295 g/mol. The van der Waals surface area contributed by atoms with E-state index in [1.165, 1.54) is 60.9 Å². The van der Waals surface area contributed by atoms with Gasteiger partial charge < -0.3 is 9.22 Å². The van der Waals surface area contributed by atoms with E-state index in [1.54, 1.807) is 0 Å². The van der Waals surface area contributed by atoms with Gasteiger partial charge in [-0.15, -0.1) is 0 Å². The van der Waals surface area contributed by atoms with E-state index in [2.05, 4.69) is 19.1 Å². The molecule has 2 nitrogen and oxygen atoms in total. The third-order valence-corrected chi connectivity index (χ3v) is 5.45. The first-order valence-electron chi connectivity index (χ1n) is 7.88. The van der Waals surface area contributed by atoms with Crippen LogP contribution in [-0.4, -0.2) is 36.8 Å². The van der Waals surface area contributed by atoms with Crippen LogP contribution in [0.25, 0.3) is 0 Å². The zero-order valence-electron chi connectivity index (χ0n) is 12.4. The van der Waals surface area contributed by atoms with Gasteiger partial charge in [-0.05, 0) is 24.6 Å². The summed E-state index contributed by atoms with van der Waals surface area (Å²) >= 11 is 6.10. The SMILES string of the molecule is Cc1cc(Cl)ccc1C[N+]1(C2CCOCC2)CCCC1. The van der Waals surface area contributed by atoms with Crippen LogP contribution in [-0.2, 0) is 11.3 Å². The highest BCUT2D eigenvalue weighted by Crippen LogP contribution is 2.33. The Hall–Kier alpha value is -0.570. The Kier molecular flexibility index (Phi) is 4.34. The van der Waals surface area contributed by atoms with Gasteiger partial charge in [0.2, 0.25) is 0 Å². The smallest absolute Gasteiger partial charge is 0.105 e. The van der Waals surface area contributed by atoms with E-state index in [9.17, 15) is 0 Å². The van der Waals surface area contributed by atoms with Crippen LogP contribution in [0, 0.1) is 6.92 Å². The molecule has 1 aromatic carbocycles. The molecule has 2 heterocycles. The summed E-state index contributed by atoms with van der Waals surface area (Å²) < 4.78 is 6.85. The van der Waals surface area contributed by atoms with E-state index >= 15 is 0 Å². The molecule has 0 bridgehead atoms. The van der Waals surface area contributed by atoms with E-state index in [1.807, 2.05) is 6.07 Å². The minimum Gasteiger partial charge on any atom is -0.381 e. The summed E-state index contributed by atoms with van der Waals surface area (Å²) in [5.41, 5.74) is 2.82. The van der Waals surface area contributed by atoms with E-state index in [0.29, 0.717) is 0 Å². The van der Waals surface area contributed by atoms with Gasteiger partial charge in [0.25, 0.3) is 0 Å². The van der Waals surface area contributed by atoms with E-state index < -0.39 is 0 Å². The monoisotopic (exact) mass is 294 g/mol. The predicted molar refractivity (Wildman–Crippen MR) is 83.0 cm³/mol. The molecule has 1 aromatic rings. The maximum absolute atomic E-state index is 6.10. The lowest BCUT2D eigenvalue weighted by atomic mass is 10.0. The molecule has 3 heteroatoms. The second-order valence-electron chi connectivity index (χ2n) is 6.45. The van der Waals surface area contributed by atoms with Crippen molar-refractivity contribution in [3.63, 3.8) is 0 Å². The average Bonchev–Trinajstić information content (AvgIpc) is 2.93. The van der Waals surface area contributed by atoms with Gasteiger partial charge in [0.05, 0.1) is 32.3 Å². The normalized spacial score (nSPS) is 23.1. The predicted octanol–water partition coefficient (Wildman–Crippen LogP) is 3.94. The Bertz CT molecular complexity index is 462. The molecule has 110 valence electrons. The molecule has 0 radical (unpaired) electrons. The van der Waals surface area contributed by atoms with Gasteiger partial charge >= 0.3 is 0 Å². The van der Waals surface area contributed by atoms with Crippen molar-refractivity contribution < 1.29 is 9.22 Å². The van der Waals surface area contributed by atoms with Crippen molar-refractivity contribution in [1.82, 2.24) is 0 Å². The quantitative estimate of drug-likeness (QED) is 0.767. The van der Waals surface area contributed by atoms with Crippen molar-refractivity contribution >= 4 is 11.6 Å². The number of quaternary nitrogens is 1. The molecule has 0 aliphatic carbocycles. The second kappa shape index (κ2) is 6.05. The van der Waals surface area contributed by atoms with Crippen LogP contribution in [0.2, 0.25) is 5.02 Å². The molecular formula is C17H25ClNO+. The Morgan fingerprint density at radius 1 is 1.20 bits per heavy atom. The van der Waals surface area contributed by atoms with Crippen molar-refractivity contribution in [1.29, 1.82) is 0 Å². The zero-order chi connectivity index (χ0) is 14.0. The standard InChI is InChI=1S/C17H25ClNO/c1-14-12-16(18)5-4-15(14)13-19(8-2-3-9-19)17-6-10-20-11-7-17/h4-5,12,17H,2-3,6-11,13H2,1H3/q+1. The van der Waals surface area contributed by atoms with E-state index in [-0.39, 0.29) is 0 Å². The fraction of sp³-hybridized carbons (Fsp3) is 0.647. The summed E-state index contributed by atoms with van der Waals surface area (Å²) in [7, 11) is 0. The second-order valence-corrected chi connectivity index (χ2v) is 6.88. The van der Waals surface area contributed by atoms with Gasteiger partial charge in [0.1, 0.15) is 6.54 Å². The largest absolute Gasteiger partial charge is 0.381 e. The number of ether oxygens (including phenoxy) is 1. The number of rotatable bonds is 3. The third kappa shape index (κ3) is 2.88. The maximum Gasteiger partial charge on any atom is 0.105 e. The molecule has 0 unspecified atom stereocenters. The van der Waals surface area contributed by atoms with Gasteiger partial charge in [-0.25, -0.2) is 0 Å². The van der Waals surface area contributed by atoms with Crippen molar-refractivity contribution in [3.8, 4) is 0 Å². The molecule has 2 saturated heterocycles. The summed E-state index contributed by atoms with van der Waals surface area (Å²) in [4.78, 5) is 0. The van der Waals surface area contributed by atoms with E-state index in [0.717, 1.165) is 24.3 Å². The summed E-state index contributed by atoms with van der Waals surface area (Å²) in [6, 6.07) is 7.17. The van der Waals surface area contributed by atoms with E-state index in [4.69, 9.17) is 16.3 Å². The topological polar surface area (TPSA) is 9.23 Å². The van der Waals surface area contributed by atoms with Crippen LogP contribution >= 0.6 is 11.6 Å². The summed E-state index contributed by atoms with van der Waals surface area (Å²) in [6.07, 6.45) is 5.22. The first-order chi connectivity index (χ1) is 9.70. The third-order valence-electron chi connectivity index (χ3n) is 5.21. The molecule has 20 heavy (non-hydrogen) atoms. The molecule has 0 atom stereocenters. The Morgan fingerprint density at radius 3 is 2.55 bits per heavy atom. The molecule has 2 fully saturated rings. The maximum atomic E-state index is 6.10. The molecule has 0 saturated carbocycles. The number of nitrogens with zero attached hydrogens (tertiary/aromatic N) is 1. The molecule has 0 aromatic heterocycles. The van der Waals surface area contributed by atoms with Crippen molar-refractivity contribution in [2.45, 2.75) is 45.2 Å². The molecular weight excluding hydrogens is 270 g/mol. The molecule has 0 amide bonds. The number of hydrogen-bond acceptors (Lipinski definition) is 1. The number of likely N-dealkylation sites (tertiary alicyclic amines) is 1. The minimum absolute atomic E-state index is 0.793. The Labute approximate surface area is 127 Å². The lowest BCUT2D eigenvalue weighted by Gasteiger charge is -2.43. The fourth-order valence-electron chi connectivity index (χ4n) is 4.03. The number of hydrogen-bond donors (Lipinski definition) is 0. The molecule has 0 N–H and O–H groups in total. The summed E-state index contributed by atoms with van der Waals surface area (Å²) in [6.45, 7) is 7.94. The Balaban J connectivity index is 1.83. The van der Waals surface area contributed by atoms with Crippen molar-refractivity contribution in [2.75, 3.05) is 26.3 Å². The number of benzene rings is 1. The number of halogens is 1. The highest BCUT2D eigenvalue weighted by molar-refractivity contribution is 6.30. The lowest BCUT2D eigenvalue weighted by Crippen LogP contribution is -2.54. The van der Waals surface area contributed by atoms with Gasteiger partial charge in [-0.2, -0.15) is 0 Å². The molecule has 2 aliphatic heterocycles. The first-order valence-corrected chi connectivity index (χ1v) is 8.26. The van der Waals surface area contributed by atoms with Gasteiger partial charge in [0, 0.05) is 36.3 Å². The highest BCUT2D eigenvalue weighted by Gasteiger charge is 2.40.